The highest BCUT2D eigenvalue weighted by molar-refractivity contribution is 7.92. The smallest absolute Gasteiger partial charge is 0.210 e. The summed E-state index contributed by atoms with van der Waals surface area (Å²) in [4.78, 5) is 2.79. The number of rotatable bonds is 1. The second-order valence-corrected chi connectivity index (χ2v) is 8.45. The van der Waals surface area contributed by atoms with Crippen LogP contribution in [0.4, 0.5) is 17.1 Å². The van der Waals surface area contributed by atoms with E-state index in [2.05, 4.69) is 4.90 Å². The van der Waals surface area contributed by atoms with Crippen LogP contribution in [-0.4, -0.2) is 8.42 Å². The second-order valence-electron chi connectivity index (χ2n) is 6.57. The lowest BCUT2D eigenvalue weighted by atomic mass is 10.1. The lowest BCUT2D eigenvalue weighted by Gasteiger charge is -2.34. The van der Waals surface area contributed by atoms with Crippen LogP contribution >= 0.6 is 0 Å². The number of sulfone groups is 1. The van der Waals surface area contributed by atoms with Crippen molar-refractivity contribution in [1.29, 1.82) is 0 Å². The molecule has 0 amide bonds. The molecule has 1 aliphatic heterocycles. The van der Waals surface area contributed by atoms with Crippen molar-refractivity contribution in [3.05, 3.63) is 77.4 Å². The number of para-hydroxylation sites is 1. The number of hydrogen-bond acceptors (Lipinski definition) is 3. The minimum absolute atomic E-state index is 0.369. The molecule has 0 saturated heterocycles. The first-order valence-corrected chi connectivity index (χ1v) is 9.70. The van der Waals surface area contributed by atoms with Gasteiger partial charge in [-0.15, -0.1) is 0 Å². The molecule has 0 atom stereocenters. The maximum Gasteiger partial charge on any atom is 0.210 e. The molecule has 3 nitrogen and oxygen atoms in total. The molecule has 4 heteroatoms. The van der Waals surface area contributed by atoms with Crippen molar-refractivity contribution >= 4 is 26.9 Å². The fourth-order valence-corrected chi connectivity index (χ4v) is 5.15. The van der Waals surface area contributed by atoms with E-state index in [9.17, 15) is 8.42 Å². The van der Waals surface area contributed by atoms with Crippen LogP contribution in [0.5, 0.6) is 0 Å². The van der Waals surface area contributed by atoms with Crippen LogP contribution in [0.3, 0.4) is 0 Å². The summed E-state index contributed by atoms with van der Waals surface area (Å²) in [6, 6.07) is 19.3. The summed E-state index contributed by atoms with van der Waals surface area (Å²) >= 11 is 0. The van der Waals surface area contributed by atoms with E-state index in [4.69, 9.17) is 0 Å². The van der Waals surface area contributed by atoms with E-state index in [0.717, 1.165) is 22.4 Å². The van der Waals surface area contributed by atoms with Crippen molar-refractivity contribution < 1.29 is 8.42 Å². The monoisotopic (exact) mass is 349 g/mol. The van der Waals surface area contributed by atoms with E-state index in [-0.39, 0.29) is 0 Å². The second kappa shape index (κ2) is 5.46. The number of fused-ring (bicyclic) bond motifs is 2. The lowest BCUT2D eigenvalue weighted by Crippen LogP contribution is -2.23. The zero-order chi connectivity index (χ0) is 17.8. The van der Waals surface area contributed by atoms with E-state index < -0.39 is 9.84 Å². The summed E-state index contributed by atoms with van der Waals surface area (Å²) in [6.07, 6.45) is 0. The molecule has 0 aliphatic carbocycles. The number of benzene rings is 3. The summed E-state index contributed by atoms with van der Waals surface area (Å²) in [7, 11) is -3.54. The third-order valence-electron chi connectivity index (χ3n) is 4.65. The van der Waals surface area contributed by atoms with Gasteiger partial charge in [0.15, 0.2) is 0 Å². The molecular weight excluding hydrogens is 330 g/mol. The van der Waals surface area contributed by atoms with Gasteiger partial charge in [-0.25, -0.2) is 8.42 Å². The Morgan fingerprint density at radius 1 is 0.680 bits per heavy atom. The van der Waals surface area contributed by atoms with Gasteiger partial charge in [-0.1, -0.05) is 30.3 Å². The van der Waals surface area contributed by atoms with Crippen molar-refractivity contribution in [2.24, 2.45) is 0 Å². The summed E-state index contributed by atoms with van der Waals surface area (Å²) in [5.41, 5.74) is 5.37. The third kappa shape index (κ3) is 2.36. The first-order valence-electron chi connectivity index (χ1n) is 8.22. The van der Waals surface area contributed by atoms with Crippen molar-refractivity contribution in [3.8, 4) is 0 Å². The largest absolute Gasteiger partial charge is 0.308 e. The van der Waals surface area contributed by atoms with Crippen LogP contribution in [-0.2, 0) is 9.84 Å². The lowest BCUT2D eigenvalue weighted by molar-refractivity contribution is 0.595. The molecule has 1 heterocycles. The topological polar surface area (TPSA) is 37.4 Å². The van der Waals surface area contributed by atoms with Gasteiger partial charge in [-0.3, -0.25) is 0 Å². The maximum absolute atomic E-state index is 13.2. The minimum atomic E-state index is -3.54. The van der Waals surface area contributed by atoms with Gasteiger partial charge in [0.25, 0.3) is 0 Å². The molecule has 0 fully saturated rings. The van der Waals surface area contributed by atoms with Gasteiger partial charge in [-0.05, 0) is 67.8 Å². The average Bonchev–Trinajstić information content (AvgIpc) is 2.58. The van der Waals surface area contributed by atoms with Crippen LogP contribution in [0, 0.1) is 20.8 Å². The van der Waals surface area contributed by atoms with Gasteiger partial charge in [0.2, 0.25) is 9.84 Å². The Bertz CT molecular complexity index is 1040. The zero-order valence-electron chi connectivity index (χ0n) is 14.4. The number of hydrogen-bond donors (Lipinski definition) is 0. The number of anilines is 3. The first kappa shape index (κ1) is 15.9. The van der Waals surface area contributed by atoms with E-state index in [0.29, 0.717) is 21.2 Å². The first-order chi connectivity index (χ1) is 11.9. The molecule has 0 spiro atoms. The predicted molar refractivity (Wildman–Crippen MR) is 101 cm³/mol. The minimum Gasteiger partial charge on any atom is -0.308 e. The third-order valence-corrected chi connectivity index (χ3v) is 6.46. The van der Waals surface area contributed by atoms with Gasteiger partial charge >= 0.3 is 0 Å². The summed E-state index contributed by atoms with van der Waals surface area (Å²) in [5.74, 6) is 0. The van der Waals surface area contributed by atoms with Gasteiger partial charge in [0.1, 0.15) is 0 Å². The number of nitrogens with zero attached hydrogens (tertiary/aromatic N) is 1. The van der Waals surface area contributed by atoms with E-state index in [1.807, 2.05) is 69.3 Å². The Hall–Kier alpha value is -2.59. The summed E-state index contributed by atoms with van der Waals surface area (Å²) < 4.78 is 26.5. The fourth-order valence-electron chi connectivity index (χ4n) is 3.36. The number of aryl methyl sites for hydroxylation is 3. The average molecular weight is 349 g/mol. The van der Waals surface area contributed by atoms with Gasteiger partial charge < -0.3 is 4.90 Å². The highest BCUT2D eigenvalue weighted by Gasteiger charge is 2.35. The van der Waals surface area contributed by atoms with Gasteiger partial charge in [0, 0.05) is 5.69 Å². The summed E-state index contributed by atoms with van der Waals surface area (Å²) in [5, 5.41) is 0. The molecule has 0 saturated carbocycles. The van der Waals surface area contributed by atoms with Crippen LogP contribution in [0.1, 0.15) is 16.7 Å². The quantitative estimate of drug-likeness (QED) is 0.472. The van der Waals surface area contributed by atoms with Crippen molar-refractivity contribution in [1.82, 2.24) is 0 Å². The molecule has 0 bridgehead atoms. The Morgan fingerprint density at radius 2 is 1.20 bits per heavy atom. The highest BCUT2D eigenvalue weighted by atomic mass is 32.2. The fraction of sp³-hybridized carbons (Fsp3) is 0.143. The Balaban J connectivity index is 2.13. The Morgan fingerprint density at radius 3 is 1.72 bits per heavy atom. The molecule has 0 unspecified atom stereocenters. The Labute approximate surface area is 148 Å². The molecule has 0 radical (unpaired) electrons. The highest BCUT2D eigenvalue weighted by Crippen LogP contribution is 2.49. The van der Waals surface area contributed by atoms with E-state index >= 15 is 0 Å². The normalized spacial score (nSPS) is 14.8. The van der Waals surface area contributed by atoms with Crippen LogP contribution in [0.2, 0.25) is 0 Å². The van der Waals surface area contributed by atoms with E-state index in [1.54, 1.807) is 12.1 Å². The zero-order valence-corrected chi connectivity index (χ0v) is 15.3. The van der Waals surface area contributed by atoms with Gasteiger partial charge in [0.05, 0.1) is 21.2 Å². The molecule has 3 aromatic rings. The molecule has 1 aliphatic rings. The van der Waals surface area contributed by atoms with Crippen LogP contribution < -0.4 is 4.90 Å². The SMILES string of the molecule is Cc1ccc2c(c1)S(=O)(=O)c1cc(C)ccc1N2c1ccccc1C. The maximum atomic E-state index is 13.2. The van der Waals surface area contributed by atoms with Gasteiger partial charge in [-0.2, -0.15) is 0 Å². The molecule has 3 aromatic carbocycles. The molecule has 25 heavy (non-hydrogen) atoms. The predicted octanol–water partition coefficient (Wildman–Crippen LogP) is 5.23. The van der Waals surface area contributed by atoms with Crippen molar-refractivity contribution in [2.75, 3.05) is 4.90 Å². The van der Waals surface area contributed by atoms with Crippen LogP contribution in [0.15, 0.2) is 70.5 Å². The molecule has 0 N–H and O–H groups in total. The standard InChI is InChI=1S/C21H19NO2S/c1-14-8-10-18-20(12-14)25(23,24)21-13-15(2)9-11-19(21)22(18)17-7-5-4-6-16(17)3/h4-13H,1-3H3. The van der Waals surface area contributed by atoms with Crippen molar-refractivity contribution in [2.45, 2.75) is 30.6 Å². The molecule has 0 aromatic heterocycles. The van der Waals surface area contributed by atoms with E-state index in [1.165, 1.54) is 0 Å². The Kier molecular flexibility index (Phi) is 3.48. The molecular formula is C21H19NO2S. The van der Waals surface area contributed by atoms with Crippen LogP contribution in [0.25, 0.3) is 0 Å². The molecule has 4 rings (SSSR count). The molecule has 126 valence electrons. The summed E-state index contributed by atoms with van der Waals surface area (Å²) in [6.45, 7) is 5.87. The van der Waals surface area contributed by atoms with Crippen molar-refractivity contribution in [3.63, 3.8) is 0 Å².